The van der Waals surface area contributed by atoms with Crippen molar-refractivity contribution in [1.82, 2.24) is 4.90 Å². The molecule has 1 heterocycles. The van der Waals surface area contributed by atoms with E-state index in [0.29, 0.717) is 11.7 Å². The normalized spacial score (nSPS) is 36.0. The van der Waals surface area contributed by atoms with Crippen molar-refractivity contribution in [3.8, 4) is 0 Å². The van der Waals surface area contributed by atoms with Crippen LogP contribution in [0, 0.1) is 0 Å². The van der Waals surface area contributed by atoms with E-state index in [4.69, 9.17) is 0 Å². The van der Waals surface area contributed by atoms with Crippen molar-refractivity contribution in [3.05, 3.63) is 0 Å². The lowest BCUT2D eigenvalue weighted by atomic mass is 10.0. The Labute approximate surface area is 93.1 Å². The molecule has 2 nitrogen and oxygen atoms in total. The van der Waals surface area contributed by atoms with E-state index in [-0.39, 0.29) is 17.0 Å². The number of hydrogen-bond acceptors (Lipinski definition) is 1. The first-order valence-corrected chi connectivity index (χ1v) is 4.95. The molecule has 3 atom stereocenters. The van der Waals surface area contributed by atoms with Gasteiger partial charge in [0.1, 0.15) is 6.17 Å². The maximum Gasteiger partial charge on any atom is 0.141 e. The second-order valence-corrected chi connectivity index (χ2v) is 5.15. The number of rotatable bonds is 0. The summed E-state index contributed by atoms with van der Waals surface area (Å²) in [5.74, 6) is 0. The molecule has 3 unspecified atom stereocenters. The molecule has 0 aromatic rings. The maximum atomic E-state index is 2.61. The number of hydrogen-bond donors (Lipinski definition) is 1. The highest BCUT2D eigenvalue weighted by Gasteiger charge is 2.41. The zero-order chi connectivity index (χ0) is 9.52. The largest absolute Gasteiger partial charge is 1.00 e. The van der Waals surface area contributed by atoms with Crippen LogP contribution in [0.2, 0.25) is 0 Å². The molecule has 1 aliphatic rings. The fraction of sp³-hybridized carbons (Fsp3) is 1.00. The predicted octanol–water partition coefficient (Wildman–Crippen LogP) is -2.65. The molecule has 1 fully saturated rings. The van der Waals surface area contributed by atoms with Gasteiger partial charge < -0.3 is 21.9 Å². The Balaban J connectivity index is 0.00000144. The second kappa shape index (κ2) is 4.28. The summed E-state index contributed by atoms with van der Waals surface area (Å²) in [6.07, 6.45) is 0.667. The van der Waals surface area contributed by atoms with Crippen molar-refractivity contribution >= 4 is 0 Å². The molecule has 0 saturated carbocycles. The van der Waals surface area contributed by atoms with Crippen LogP contribution in [0.15, 0.2) is 0 Å². The second-order valence-electron chi connectivity index (χ2n) is 5.15. The monoisotopic (exact) mass is 250 g/mol. The topological polar surface area (TPSA) is 7.68 Å². The summed E-state index contributed by atoms with van der Waals surface area (Å²) in [5.41, 5.74) is 0.316. The SMILES string of the molecule is CC1C[NH+](C)C(C)N1C(C)(C)C.[Br-]. The van der Waals surface area contributed by atoms with Gasteiger partial charge in [0.2, 0.25) is 0 Å². The van der Waals surface area contributed by atoms with Gasteiger partial charge in [-0.3, -0.25) is 0 Å². The van der Waals surface area contributed by atoms with E-state index < -0.39 is 0 Å². The number of likely N-dealkylation sites (N-methyl/N-ethyl adjacent to an activating group) is 1. The van der Waals surface area contributed by atoms with Crippen molar-refractivity contribution in [3.63, 3.8) is 0 Å². The molecule has 0 aliphatic carbocycles. The molecule has 3 heteroatoms. The van der Waals surface area contributed by atoms with E-state index in [1.54, 1.807) is 4.90 Å². The summed E-state index contributed by atoms with van der Waals surface area (Å²) in [7, 11) is 2.28. The van der Waals surface area contributed by atoms with Crippen molar-refractivity contribution in [2.45, 2.75) is 52.4 Å². The lowest BCUT2D eigenvalue weighted by Gasteiger charge is -2.36. The molecular formula is C10H23BrN2. The molecule has 0 spiro atoms. The highest BCUT2D eigenvalue weighted by molar-refractivity contribution is 4.84. The predicted molar refractivity (Wildman–Crippen MR) is 52.3 cm³/mol. The molecule has 13 heavy (non-hydrogen) atoms. The van der Waals surface area contributed by atoms with Gasteiger partial charge in [-0.2, -0.15) is 0 Å². The van der Waals surface area contributed by atoms with Crippen molar-refractivity contribution in [1.29, 1.82) is 0 Å². The van der Waals surface area contributed by atoms with Gasteiger partial charge >= 0.3 is 0 Å². The first kappa shape index (κ1) is 13.4. The minimum absolute atomic E-state index is 0. The molecule has 0 bridgehead atoms. The minimum atomic E-state index is 0. The van der Waals surface area contributed by atoms with Crippen LogP contribution in [0.5, 0.6) is 0 Å². The smallest absolute Gasteiger partial charge is 0.141 e. The van der Waals surface area contributed by atoms with Gasteiger partial charge in [-0.25, -0.2) is 4.90 Å². The third-order valence-corrected chi connectivity index (χ3v) is 3.00. The Morgan fingerprint density at radius 2 is 1.69 bits per heavy atom. The van der Waals surface area contributed by atoms with Crippen LogP contribution in [-0.4, -0.2) is 36.2 Å². The molecule has 1 rings (SSSR count). The van der Waals surface area contributed by atoms with Crippen LogP contribution in [0.4, 0.5) is 0 Å². The molecule has 0 aromatic carbocycles. The molecule has 0 aromatic heterocycles. The van der Waals surface area contributed by atoms with Crippen molar-refractivity contribution < 1.29 is 21.9 Å². The first-order valence-electron chi connectivity index (χ1n) is 4.95. The van der Waals surface area contributed by atoms with Crippen LogP contribution in [0.25, 0.3) is 0 Å². The average molecular weight is 251 g/mol. The van der Waals surface area contributed by atoms with E-state index in [1.807, 2.05) is 0 Å². The Morgan fingerprint density at radius 1 is 1.23 bits per heavy atom. The summed E-state index contributed by atoms with van der Waals surface area (Å²) in [6, 6.07) is 0.722. The van der Waals surface area contributed by atoms with Gasteiger partial charge in [0.15, 0.2) is 0 Å². The highest BCUT2D eigenvalue weighted by atomic mass is 79.9. The Hall–Kier alpha value is 0.400. The summed E-state index contributed by atoms with van der Waals surface area (Å²) in [5, 5.41) is 0. The van der Waals surface area contributed by atoms with Crippen LogP contribution in [0.3, 0.4) is 0 Å². The van der Waals surface area contributed by atoms with Crippen LogP contribution >= 0.6 is 0 Å². The van der Waals surface area contributed by atoms with Gasteiger partial charge in [0, 0.05) is 12.5 Å². The Kier molecular flexibility index (Phi) is 4.41. The standard InChI is InChI=1S/C10H22N2.BrH/c1-8-7-11(6)9(2)12(8)10(3,4)5;/h8-9H,7H2,1-6H3;1H. The lowest BCUT2D eigenvalue weighted by molar-refractivity contribution is -0.897. The van der Waals surface area contributed by atoms with Gasteiger partial charge in [-0.05, 0) is 27.7 Å². The van der Waals surface area contributed by atoms with E-state index in [0.717, 1.165) is 6.04 Å². The van der Waals surface area contributed by atoms with E-state index in [2.05, 4.69) is 46.6 Å². The summed E-state index contributed by atoms with van der Waals surface area (Å²) in [6.45, 7) is 12.8. The van der Waals surface area contributed by atoms with Crippen LogP contribution in [-0.2, 0) is 0 Å². The molecule has 0 amide bonds. The summed E-state index contributed by atoms with van der Waals surface area (Å²) in [4.78, 5) is 4.25. The van der Waals surface area contributed by atoms with E-state index >= 15 is 0 Å². The Morgan fingerprint density at radius 3 is 1.85 bits per heavy atom. The van der Waals surface area contributed by atoms with Gasteiger partial charge in [-0.15, -0.1) is 0 Å². The number of halogens is 1. The third-order valence-electron chi connectivity index (χ3n) is 3.00. The van der Waals surface area contributed by atoms with E-state index in [9.17, 15) is 0 Å². The first-order chi connectivity index (χ1) is 5.34. The van der Waals surface area contributed by atoms with Crippen LogP contribution < -0.4 is 21.9 Å². The number of nitrogens with one attached hydrogen (secondary N) is 1. The van der Waals surface area contributed by atoms with Gasteiger partial charge in [0.25, 0.3) is 0 Å². The van der Waals surface area contributed by atoms with E-state index in [1.165, 1.54) is 6.54 Å². The zero-order valence-electron chi connectivity index (χ0n) is 9.69. The molecule has 1 saturated heterocycles. The molecule has 1 N–H and O–H groups in total. The molecule has 1 aliphatic heterocycles. The molecule has 80 valence electrons. The van der Waals surface area contributed by atoms with Gasteiger partial charge in [-0.1, -0.05) is 0 Å². The fourth-order valence-electron chi connectivity index (χ4n) is 2.60. The average Bonchev–Trinajstić information content (AvgIpc) is 2.05. The third kappa shape index (κ3) is 2.67. The molecular weight excluding hydrogens is 228 g/mol. The number of quaternary nitrogens is 1. The summed E-state index contributed by atoms with van der Waals surface area (Å²) >= 11 is 0. The van der Waals surface area contributed by atoms with Crippen LogP contribution in [0.1, 0.15) is 34.6 Å². The minimum Gasteiger partial charge on any atom is -1.00 e. The fourth-order valence-corrected chi connectivity index (χ4v) is 2.60. The van der Waals surface area contributed by atoms with Crippen molar-refractivity contribution in [2.24, 2.45) is 0 Å². The van der Waals surface area contributed by atoms with Gasteiger partial charge in [0.05, 0.1) is 19.6 Å². The quantitative estimate of drug-likeness (QED) is 0.494. The van der Waals surface area contributed by atoms with Crippen molar-refractivity contribution in [2.75, 3.05) is 13.6 Å². The Bertz CT molecular complexity index is 165. The maximum absolute atomic E-state index is 2.61. The molecule has 0 radical (unpaired) electrons. The number of nitrogens with zero attached hydrogens (tertiary/aromatic N) is 1. The zero-order valence-corrected chi connectivity index (χ0v) is 11.3. The lowest BCUT2D eigenvalue weighted by Crippen LogP contribution is -3.11. The highest BCUT2D eigenvalue weighted by Crippen LogP contribution is 2.20. The summed E-state index contributed by atoms with van der Waals surface area (Å²) < 4.78 is 0.